The summed E-state index contributed by atoms with van der Waals surface area (Å²) in [5, 5.41) is 19.4. The summed E-state index contributed by atoms with van der Waals surface area (Å²) in [6.07, 6.45) is -1.88. The molecule has 4 atom stereocenters. The lowest BCUT2D eigenvalue weighted by Gasteiger charge is -2.35. The van der Waals surface area contributed by atoms with Gasteiger partial charge in [0.05, 0.1) is 6.10 Å². The molecule has 0 aromatic heterocycles. The minimum Gasteiger partial charge on any atom is -0.442 e. The maximum atomic E-state index is 11.5. The second-order valence-corrected chi connectivity index (χ2v) is 6.79. The first-order chi connectivity index (χ1) is 9.62. The fourth-order valence-corrected chi connectivity index (χ4v) is 2.55. The zero-order chi connectivity index (χ0) is 16.2. The fourth-order valence-electron chi connectivity index (χ4n) is 1.67. The average molecular weight is 318 g/mol. The number of nitrogens with zero attached hydrogens (tertiary/aromatic N) is 1. The molecular formula is C13H22N2O5S. The molecule has 0 unspecified atom stereocenters. The van der Waals surface area contributed by atoms with Gasteiger partial charge in [0, 0.05) is 6.42 Å². The standard InChI is InChI=1S/C13H22N2O5S/c1-5-8-10(17)7(16)6-9(19-8)21-11(14)15-12(18)20-13(2,3)4/h5,7-10,16-17H,1,6H2,2-4H3,(H2,14,15,18)/t7-,8-,9-,10+/m1/s1. The monoisotopic (exact) mass is 318 g/mol. The van der Waals surface area contributed by atoms with Crippen LogP contribution in [0.1, 0.15) is 27.2 Å². The quantitative estimate of drug-likeness (QED) is 0.395. The number of hydrogen-bond donors (Lipinski definition) is 3. The number of carbonyl (C=O) groups excluding carboxylic acids is 1. The van der Waals surface area contributed by atoms with E-state index in [1.54, 1.807) is 20.8 Å². The lowest BCUT2D eigenvalue weighted by Crippen LogP contribution is -2.46. The van der Waals surface area contributed by atoms with Crippen molar-refractivity contribution in [3.05, 3.63) is 12.7 Å². The number of nitrogens with two attached hydrogens (primary N) is 1. The zero-order valence-corrected chi connectivity index (χ0v) is 13.2. The van der Waals surface area contributed by atoms with Gasteiger partial charge in [0.1, 0.15) is 23.2 Å². The molecule has 1 aliphatic rings. The van der Waals surface area contributed by atoms with Gasteiger partial charge in [-0.1, -0.05) is 17.8 Å². The maximum Gasteiger partial charge on any atom is 0.436 e. The second kappa shape index (κ2) is 7.26. The number of aliphatic hydroxyl groups excluding tert-OH is 2. The number of thioether (sulfide) groups is 1. The zero-order valence-electron chi connectivity index (χ0n) is 12.4. The maximum absolute atomic E-state index is 11.5. The van der Waals surface area contributed by atoms with E-state index < -0.39 is 35.4 Å². The van der Waals surface area contributed by atoms with Gasteiger partial charge in [-0.25, -0.2) is 4.79 Å². The van der Waals surface area contributed by atoms with Gasteiger partial charge in [0.2, 0.25) is 0 Å². The number of aliphatic hydroxyl groups is 2. The fraction of sp³-hybridized carbons (Fsp3) is 0.692. The minimum absolute atomic E-state index is 0.0272. The van der Waals surface area contributed by atoms with Crippen LogP contribution in [0.5, 0.6) is 0 Å². The Kier molecular flexibility index (Phi) is 6.21. The van der Waals surface area contributed by atoms with E-state index in [2.05, 4.69) is 11.6 Å². The van der Waals surface area contributed by atoms with E-state index in [9.17, 15) is 15.0 Å². The van der Waals surface area contributed by atoms with Gasteiger partial charge in [-0.2, -0.15) is 4.99 Å². The Balaban J connectivity index is 2.60. The van der Waals surface area contributed by atoms with Gasteiger partial charge >= 0.3 is 6.09 Å². The van der Waals surface area contributed by atoms with Gasteiger partial charge in [-0.15, -0.1) is 6.58 Å². The van der Waals surface area contributed by atoms with E-state index in [0.717, 1.165) is 11.8 Å². The van der Waals surface area contributed by atoms with Crippen LogP contribution >= 0.6 is 11.8 Å². The third-order valence-electron chi connectivity index (χ3n) is 2.55. The van der Waals surface area contributed by atoms with E-state index in [4.69, 9.17) is 15.2 Å². The Morgan fingerprint density at radius 2 is 2.14 bits per heavy atom. The van der Waals surface area contributed by atoms with Crippen molar-refractivity contribution in [3.8, 4) is 0 Å². The topological polar surface area (TPSA) is 114 Å². The van der Waals surface area contributed by atoms with Gasteiger partial charge in [-0.3, -0.25) is 0 Å². The summed E-state index contributed by atoms with van der Waals surface area (Å²) in [7, 11) is 0. The Bertz CT molecular complexity index is 421. The predicted molar refractivity (Wildman–Crippen MR) is 80.9 cm³/mol. The van der Waals surface area contributed by atoms with Crippen LogP contribution in [0.25, 0.3) is 0 Å². The molecule has 0 aliphatic carbocycles. The highest BCUT2D eigenvalue weighted by Crippen LogP contribution is 2.28. The number of rotatable bonds is 2. The van der Waals surface area contributed by atoms with Crippen LogP contribution in [-0.4, -0.2) is 50.8 Å². The number of hydrogen-bond acceptors (Lipinski definition) is 6. The molecule has 0 bridgehead atoms. The van der Waals surface area contributed by atoms with Crippen molar-refractivity contribution >= 4 is 23.0 Å². The summed E-state index contributed by atoms with van der Waals surface area (Å²) in [5.74, 6) is 0. The third kappa shape index (κ3) is 6.04. The summed E-state index contributed by atoms with van der Waals surface area (Å²) >= 11 is 0.986. The van der Waals surface area contributed by atoms with Crippen molar-refractivity contribution in [1.82, 2.24) is 0 Å². The largest absolute Gasteiger partial charge is 0.442 e. The van der Waals surface area contributed by atoms with Crippen molar-refractivity contribution in [1.29, 1.82) is 0 Å². The van der Waals surface area contributed by atoms with Gasteiger partial charge in [0.15, 0.2) is 5.17 Å². The van der Waals surface area contributed by atoms with E-state index in [-0.39, 0.29) is 11.6 Å². The third-order valence-corrected chi connectivity index (χ3v) is 3.45. The van der Waals surface area contributed by atoms with Crippen molar-refractivity contribution in [2.45, 2.75) is 56.5 Å². The molecule has 0 spiro atoms. The molecule has 1 fully saturated rings. The molecule has 4 N–H and O–H groups in total. The van der Waals surface area contributed by atoms with Gasteiger partial charge < -0.3 is 25.4 Å². The van der Waals surface area contributed by atoms with Crippen LogP contribution in [0, 0.1) is 0 Å². The molecule has 0 aromatic carbocycles. The van der Waals surface area contributed by atoms with Crippen LogP contribution in [-0.2, 0) is 9.47 Å². The van der Waals surface area contributed by atoms with Gasteiger partial charge in [0.25, 0.3) is 0 Å². The minimum atomic E-state index is -1.02. The highest BCUT2D eigenvalue weighted by atomic mass is 32.2. The highest BCUT2D eigenvalue weighted by Gasteiger charge is 2.35. The number of amidine groups is 1. The molecule has 8 heteroatoms. The first-order valence-electron chi connectivity index (χ1n) is 6.50. The average Bonchev–Trinajstić information content (AvgIpc) is 2.30. The lowest BCUT2D eigenvalue weighted by atomic mass is 10.0. The summed E-state index contributed by atoms with van der Waals surface area (Å²) in [6.45, 7) is 8.70. The SMILES string of the molecule is C=C[C@H]1O[C@H](S/C(N)=N/C(=O)OC(C)(C)C)C[C@@H](O)[C@@H]1O. The lowest BCUT2D eigenvalue weighted by molar-refractivity contribution is -0.126. The molecule has 120 valence electrons. The number of carbonyl (C=O) groups is 1. The van der Waals surface area contributed by atoms with Crippen LogP contribution in [0.3, 0.4) is 0 Å². The molecule has 1 rings (SSSR count). The van der Waals surface area contributed by atoms with Crippen molar-refractivity contribution in [3.63, 3.8) is 0 Å². The van der Waals surface area contributed by atoms with Crippen molar-refractivity contribution in [2.24, 2.45) is 10.7 Å². The molecular weight excluding hydrogens is 296 g/mol. The molecule has 1 saturated heterocycles. The molecule has 21 heavy (non-hydrogen) atoms. The van der Waals surface area contributed by atoms with Gasteiger partial charge in [-0.05, 0) is 20.8 Å². The van der Waals surface area contributed by atoms with Crippen molar-refractivity contribution in [2.75, 3.05) is 0 Å². The first kappa shape index (κ1) is 18.0. The number of aliphatic imine (C=N–C) groups is 1. The smallest absolute Gasteiger partial charge is 0.436 e. The molecule has 7 nitrogen and oxygen atoms in total. The summed E-state index contributed by atoms with van der Waals surface area (Å²) < 4.78 is 10.5. The Hall–Kier alpha value is -1.09. The Labute approximate surface area is 128 Å². The normalized spacial score (nSPS) is 30.8. The number of amides is 1. The van der Waals surface area contributed by atoms with Crippen LogP contribution in [0.15, 0.2) is 17.6 Å². The Morgan fingerprint density at radius 3 is 2.67 bits per heavy atom. The van der Waals surface area contributed by atoms with Crippen LogP contribution < -0.4 is 5.73 Å². The summed E-state index contributed by atoms with van der Waals surface area (Å²) in [4.78, 5) is 15.1. The van der Waals surface area contributed by atoms with Crippen molar-refractivity contribution < 1.29 is 24.5 Å². The number of ether oxygens (including phenoxy) is 2. The molecule has 0 radical (unpaired) electrons. The van der Waals surface area contributed by atoms with Crippen LogP contribution in [0.4, 0.5) is 4.79 Å². The highest BCUT2D eigenvalue weighted by molar-refractivity contribution is 8.14. The van der Waals surface area contributed by atoms with Crippen LogP contribution in [0.2, 0.25) is 0 Å². The molecule has 1 amide bonds. The molecule has 0 aromatic rings. The van der Waals surface area contributed by atoms with E-state index in [1.807, 2.05) is 0 Å². The molecule has 1 heterocycles. The molecule has 1 aliphatic heterocycles. The second-order valence-electron chi connectivity index (χ2n) is 5.61. The molecule has 0 saturated carbocycles. The van der Waals surface area contributed by atoms with E-state index in [1.165, 1.54) is 6.08 Å². The Morgan fingerprint density at radius 1 is 1.52 bits per heavy atom. The summed E-state index contributed by atoms with van der Waals surface area (Å²) in [6, 6.07) is 0. The van der Waals surface area contributed by atoms with E-state index >= 15 is 0 Å². The first-order valence-corrected chi connectivity index (χ1v) is 7.38. The van der Waals surface area contributed by atoms with E-state index in [0.29, 0.717) is 0 Å². The summed E-state index contributed by atoms with van der Waals surface area (Å²) in [5.41, 5.74) is 4.47. The predicted octanol–water partition coefficient (Wildman–Crippen LogP) is 0.992.